The molecule has 0 bridgehead atoms. The second kappa shape index (κ2) is 9.36. The van der Waals surface area contributed by atoms with Crippen LogP contribution < -0.4 is 0 Å². The summed E-state index contributed by atoms with van der Waals surface area (Å²) in [6.07, 6.45) is 5.37. The minimum atomic E-state index is -0.893. The Morgan fingerprint density at radius 2 is 1.75 bits per heavy atom. The summed E-state index contributed by atoms with van der Waals surface area (Å²) in [5.41, 5.74) is 2.84. The van der Waals surface area contributed by atoms with Crippen LogP contribution in [0.25, 0.3) is 10.6 Å². The van der Waals surface area contributed by atoms with Crippen molar-refractivity contribution in [2.45, 2.75) is 52.7 Å². The number of fused-ring (bicyclic) bond motifs is 1. The number of carbonyl (C=O) groups is 3. The summed E-state index contributed by atoms with van der Waals surface area (Å²) in [5.74, 6) is -1.63. The number of thiazole rings is 1. The van der Waals surface area contributed by atoms with Crippen molar-refractivity contribution in [3.05, 3.63) is 53.1 Å². The number of rotatable bonds is 7. The van der Waals surface area contributed by atoms with Gasteiger partial charge in [0.25, 0.3) is 0 Å². The first-order valence-corrected chi connectivity index (χ1v) is 11.9. The number of amides is 2. The average Bonchev–Trinajstić information content (AvgIpc) is 3.34. The van der Waals surface area contributed by atoms with Gasteiger partial charge in [-0.25, -0.2) is 9.78 Å². The molecule has 2 aliphatic rings. The van der Waals surface area contributed by atoms with Crippen LogP contribution in [0, 0.1) is 24.7 Å². The number of imide groups is 1. The fraction of sp³-hybridized carbons (Fsp3) is 0.440. The monoisotopic (exact) mass is 452 g/mol. The van der Waals surface area contributed by atoms with Gasteiger partial charge in [0, 0.05) is 10.9 Å². The molecule has 0 spiro atoms. The van der Waals surface area contributed by atoms with Gasteiger partial charge in [-0.2, -0.15) is 0 Å². The Kier molecular flexibility index (Phi) is 6.55. The van der Waals surface area contributed by atoms with E-state index in [4.69, 9.17) is 4.74 Å². The third-order valence-electron chi connectivity index (χ3n) is 6.03. The second-order valence-electron chi connectivity index (χ2n) is 8.97. The van der Waals surface area contributed by atoms with Crippen LogP contribution in [0.3, 0.4) is 0 Å². The van der Waals surface area contributed by atoms with Crippen LogP contribution in [0.4, 0.5) is 0 Å². The van der Waals surface area contributed by atoms with E-state index in [1.54, 1.807) is 0 Å². The maximum Gasteiger partial charge on any atom is 0.329 e. The number of ether oxygens (including phenoxy) is 1. The first-order chi connectivity index (χ1) is 15.3. The SMILES string of the molecule is Cc1ccc(-c2nc(COC(=O)C(CC(C)C)N3C(=O)C4CC=CCC4C3=O)cs2)cc1. The van der Waals surface area contributed by atoms with Crippen LogP contribution in [-0.4, -0.2) is 33.7 Å². The zero-order valence-corrected chi connectivity index (χ0v) is 19.4. The zero-order chi connectivity index (χ0) is 22.8. The Bertz CT molecular complexity index is 1010. The van der Waals surface area contributed by atoms with Crippen LogP contribution in [0.2, 0.25) is 0 Å². The van der Waals surface area contributed by atoms with E-state index < -0.39 is 12.0 Å². The summed E-state index contributed by atoms with van der Waals surface area (Å²) in [6, 6.07) is 7.20. The van der Waals surface area contributed by atoms with Crippen LogP contribution in [0.15, 0.2) is 41.8 Å². The van der Waals surface area contributed by atoms with E-state index >= 15 is 0 Å². The molecule has 1 aliphatic heterocycles. The molecule has 0 saturated carbocycles. The number of aryl methyl sites for hydroxylation is 1. The molecular formula is C25H28N2O4S. The highest BCUT2D eigenvalue weighted by Gasteiger charge is 2.51. The Balaban J connectivity index is 1.46. The number of esters is 1. The maximum absolute atomic E-state index is 13.0. The molecule has 1 aliphatic carbocycles. The Morgan fingerprint density at radius 3 is 2.34 bits per heavy atom. The van der Waals surface area contributed by atoms with Gasteiger partial charge in [0.05, 0.1) is 17.5 Å². The molecule has 32 heavy (non-hydrogen) atoms. The lowest BCUT2D eigenvalue weighted by atomic mass is 9.85. The van der Waals surface area contributed by atoms with Crippen molar-refractivity contribution < 1.29 is 19.1 Å². The topological polar surface area (TPSA) is 76.6 Å². The number of allylic oxidation sites excluding steroid dienone is 2. The number of hydrogen-bond acceptors (Lipinski definition) is 6. The minimum absolute atomic E-state index is 0.0143. The highest BCUT2D eigenvalue weighted by atomic mass is 32.1. The molecule has 0 radical (unpaired) electrons. The fourth-order valence-corrected chi connectivity index (χ4v) is 5.14. The van der Waals surface area contributed by atoms with Crippen LogP contribution in [0.5, 0.6) is 0 Å². The van der Waals surface area contributed by atoms with E-state index in [9.17, 15) is 14.4 Å². The molecule has 2 amide bonds. The van der Waals surface area contributed by atoms with Gasteiger partial charge in [-0.15, -0.1) is 11.3 Å². The number of likely N-dealkylation sites (tertiary alicyclic amines) is 1. The number of aromatic nitrogens is 1. The molecule has 3 unspecified atom stereocenters. The third kappa shape index (κ3) is 4.53. The summed E-state index contributed by atoms with van der Waals surface area (Å²) >= 11 is 1.49. The third-order valence-corrected chi connectivity index (χ3v) is 6.97. The molecule has 1 aromatic carbocycles. The van der Waals surface area contributed by atoms with Crippen molar-refractivity contribution in [2.75, 3.05) is 0 Å². The predicted octanol–water partition coefficient (Wildman–Crippen LogP) is 4.53. The van der Waals surface area contributed by atoms with Gasteiger partial charge in [0.1, 0.15) is 17.7 Å². The highest BCUT2D eigenvalue weighted by Crippen LogP contribution is 2.37. The van der Waals surface area contributed by atoms with Gasteiger partial charge in [-0.1, -0.05) is 55.8 Å². The summed E-state index contributed by atoms with van der Waals surface area (Å²) in [4.78, 5) is 44.8. The summed E-state index contributed by atoms with van der Waals surface area (Å²) in [5, 5.41) is 2.73. The molecule has 7 heteroatoms. The lowest BCUT2D eigenvalue weighted by Gasteiger charge is -2.26. The van der Waals surface area contributed by atoms with Crippen molar-refractivity contribution >= 4 is 29.1 Å². The highest BCUT2D eigenvalue weighted by molar-refractivity contribution is 7.13. The van der Waals surface area contributed by atoms with Gasteiger partial charge in [0.2, 0.25) is 11.8 Å². The van der Waals surface area contributed by atoms with Crippen LogP contribution in [0.1, 0.15) is 44.4 Å². The quantitative estimate of drug-likeness (QED) is 0.351. The van der Waals surface area contributed by atoms with Crippen molar-refractivity contribution in [2.24, 2.45) is 17.8 Å². The van der Waals surface area contributed by atoms with Gasteiger partial charge in [0.15, 0.2) is 0 Å². The largest absolute Gasteiger partial charge is 0.458 e. The van der Waals surface area contributed by atoms with Gasteiger partial charge >= 0.3 is 5.97 Å². The molecule has 1 saturated heterocycles. The van der Waals surface area contributed by atoms with E-state index in [2.05, 4.69) is 4.98 Å². The minimum Gasteiger partial charge on any atom is -0.458 e. The molecule has 4 rings (SSSR count). The van der Waals surface area contributed by atoms with Crippen molar-refractivity contribution in [1.82, 2.24) is 9.88 Å². The Labute approximate surface area is 192 Å². The number of carbonyl (C=O) groups excluding carboxylic acids is 3. The number of benzene rings is 1. The van der Waals surface area contributed by atoms with Gasteiger partial charge < -0.3 is 4.74 Å². The molecule has 168 valence electrons. The predicted molar refractivity (Wildman–Crippen MR) is 123 cm³/mol. The van der Waals surface area contributed by atoms with Crippen molar-refractivity contribution in [3.8, 4) is 10.6 Å². The molecule has 6 nitrogen and oxygen atoms in total. The molecular weight excluding hydrogens is 424 g/mol. The number of nitrogens with zero attached hydrogens (tertiary/aromatic N) is 2. The van der Waals surface area contributed by atoms with Gasteiger partial charge in [-0.3, -0.25) is 14.5 Å². The lowest BCUT2D eigenvalue weighted by Crippen LogP contribution is -2.47. The van der Waals surface area contributed by atoms with E-state index in [1.165, 1.54) is 21.8 Å². The zero-order valence-electron chi connectivity index (χ0n) is 18.6. The first kappa shape index (κ1) is 22.4. The Morgan fingerprint density at radius 1 is 1.12 bits per heavy atom. The molecule has 1 fully saturated rings. The molecule has 2 aromatic rings. The average molecular weight is 453 g/mol. The van der Waals surface area contributed by atoms with E-state index in [-0.39, 0.29) is 36.2 Å². The van der Waals surface area contributed by atoms with E-state index in [0.29, 0.717) is 25.0 Å². The normalized spacial score (nSPS) is 21.2. The van der Waals surface area contributed by atoms with Crippen LogP contribution in [-0.2, 0) is 25.7 Å². The maximum atomic E-state index is 13.0. The summed E-state index contributed by atoms with van der Waals surface area (Å²) in [6.45, 7) is 5.98. The van der Waals surface area contributed by atoms with Gasteiger partial charge in [-0.05, 0) is 32.1 Å². The Hall–Kier alpha value is -2.80. The van der Waals surface area contributed by atoms with Crippen molar-refractivity contribution in [1.29, 1.82) is 0 Å². The first-order valence-electron chi connectivity index (χ1n) is 11.0. The summed E-state index contributed by atoms with van der Waals surface area (Å²) < 4.78 is 5.57. The molecule has 3 atom stereocenters. The smallest absolute Gasteiger partial charge is 0.329 e. The number of hydrogen-bond donors (Lipinski definition) is 0. The fourth-order valence-electron chi connectivity index (χ4n) is 4.33. The van der Waals surface area contributed by atoms with Crippen molar-refractivity contribution in [3.63, 3.8) is 0 Å². The lowest BCUT2D eigenvalue weighted by molar-refractivity contribution is -0.160. The molecule has 0 N–H and O–H groups in total. The standard InChI is InChI=1S/C25H28N2O4S/c1-15(2)12-21(27-23(28)19-6-4-5-7-20(19)24(27)29)25(30)31-13-18-14-32-22(26-18)17-10-8-16(3)9-11-17/h4-5,8-11,14-15,19-21H,6-7,12-13H2,1-3H3. The second-order valence-corrected chi connectivity index (χ2v) is 9.82. The summed E-state index contributed by atoms with van der Waals surface area (Å²) in [7, 11) is 0. The molecule has 1 aromatic heterocycles. The molecule has 2 heterocycles. The van der Waals surface area contributed by atoms with E-state index in [0.717, 1.165) is 10.6 Å². The van der Waals surface area contributed by atoms with E-state index in [1.807, 2.05) is 62.6 Å². The van der Waals surface area contributed by atoms with Crippen LogP contribution >= 0.6 is 11.3 Å².